The number of halogens is 2. The Hall–Kier alpha value is -2.54. The number of rotatable bonds is 5. The molecule has 31 heavy (non-hydrogen) atoms. The van der Waals surface area contributed by atoms with Crippen LogP contribution in [0, 0.1) is 0 Å². The number of alkyl halides is 1. The fourth-order valence-electron chi connectivity index (χ4n) is 3.91. The Bertz CT molecular complexity index is 1140. The van der Waals surface area contributed by atoms with Crippen molar-refractivity contribution in [3.8, 4) is 0 Å². The second-order valence-corrected chi connectivity index (χ2v) is 8.90. The van der Waals surface area contributed by atoms with Crippen LogP contribution in [-0.2, 0) is 11.2 Å². The van der Waals surface area contributed by atoms with Crippen molar-refractivity contribution in [3.63, 3.8) is 0 Å². The maximum absolute atomic E-state index is 13.1. The highest BCUT2D eigenvalue weighted by Crippen LogP contribution is 2.42. The SMILES string of the molecule is CN(C)CC(=O)Nc1cccc(C(=O)NC2c3c(oc4c(Cl)cccc34)CCC2Cl)c1. The minimum atomic E-state index is -0.412. The van der Waals surface area contributed by atoms with Crippen LogP contribution in [-0.4, -0.2) is 42.7 Å². The van der Waals surface area contributed by atoms with Gasteiger partial charge in [0.2, 0.25) is 5.91 Å². The van der Waals surface area contributed by atoms with E-state index in [1.165, 1.54) is 0 Å². The van der Waals surface area contributed by atoms with Crippen molar-refractivity contribution >= 4 is 51.7 Å². The fraction of sp³-hybridized carbons (Fsp3) is 0.304. The van der Waals surface area contributed by atoms with Crippen LogP contribution in [0.25, 0.3) is 11.0 Å². The molecule has 6 nitrogen and oxygen atoms in total. The first-order valence-electron chi connectivity index (χ1n) is 10.0. The average molecular weight is 460 g/mol. The van der Waals surface area contributed by atoms with Gasteiger partial charge in [0.1, 0.15) is 5.76 Å². The number of fused-ring (bicyclic) bond motifs is 3. The number of nitrogens with zero attached hydrogens (tertiary/aromatic N) is 1. The molecule has 4 rings (SSSR count). The molecule has 0 spiro atoms. The van der Waals surface area contributed by atoms with Gasteiger partial charge in [-0.05, 0) is 44.8 Å². The lowest BCUT2D eigenvalue weighted by Gasteiger charge is -2.28. The van der Waals surface area contributed by atoms with Gasteiger partial charge in [-0.3, -0.25) is 9.59 Å². The number of carbonyl (C=O) groups excluding carboxylic acids is 2. The Labute approximate surface area is 190 Å². The van der Waals surface area contributed by atoms with Crippen molar-refractivity contribution in [2.45, 2.75) is 24.3 Å². The van der Waals surface area contributed by atoms with Crippen LogP contribution in [0.15, 0.2) is 46.9 Å². The van der Waals surface area contributed by atoms with Gasteiger partial charge in [0, 0.05) is 28.6 Å². The van der Waals surface area contributed by atoms with Crippen LogP contribution in [0.3, 0.4) is 0 Å². The first-order valence-corrected chi connectivity index (χ1v) is 10.8. The number of nitrogens with one attached hydrogen (secondary N) is 2. The minimum absolute atomic E-state index is 0.151. The molecule has 1 heterocycles. The summed E-state index contributed by atoms with van der Waals surface area (Å²) in [7, 11) is 3.63. The zero-order valence-electron chi connectivity index (χ0n) is 17.2. The van der Waals surface area contributed by atoms with Crippen LogP contribution >= 0.6 is 23.2 Å². The summed E-state index contributed by atoms with van der Waals surface area (Å²) < 4.78 is 5.99. The maximum atomic E-state index is 13.1. The Morgan fingerprint density at radius 2 is 1.97 bits per heavy atom. The van der Waals surface area contributed by atoms with Crippen LogP contribution in [0.5, 0.6) is 0 Å². The van der Waals surface area contributed by atoms with Gasteiger partial charge in [0.25, 0.3) is 5.91 Å². The highest BCUT2D eigenvalue weighted by atomic mass is 35.5. The number of benzene rings is 2. The lowest BCUT2D eigenvalue weighted by atomic mass is 9.90. The summed E-state index contributed by atoms with van der Waals surface area (Å²) in [5, 5.41) is 6.98. The minimum Gasteiger partial charge on any atom is -0.459 e. The van der Waals surface area contributed by atoms with Gasteiger partial charge >= 0.3 is 0 Å². The van der Waals surface area contributed by atoms with E-state index < -0.39 is 6.04 Å². The normalized spacial score (nSPS) is 18.1. The number of hydrogen-bond donors (Lipinski definition) is 2. The summed E-state index contributed by atoms with van der Waals surface area (Å²) in [6.07, 6.45) is 1.37. The molecule has 3 aromatic rings. The summed E-state index contributed by atoms with van der Waals surface area (Å²) in [5.41, 5.74) is 2.49. The van der Waals surface area contributed by atoms with Gasteiger partial charge in [-0.15, -0.1) is 11.6 Å². The van der Waals surface area contributed by atoms with E-state index >= 15 is 0 Å². The van der Waals surface area contributed by atoms with Crippen molar-refractivity contribution in [2.75, 3.05) is 26.0 Å². The average Bonchev–Trinajstić information content (AvgIpc) is 3.10. The molecular formula is C23H23Cl2N3O3. The molecule has 2 amide bonds. The van der Waals surface area contributed by atoms with Crippen molar-refractivity contribution < 1.29 is 14.0 Å². The van der Waals surface area contributed by atoms with E-state index in [9.17, 15) is 9.59 Å². The molecule has 2 unspecified atom stereocenters. The number of para-hydroxylation sites is 1. The molecule has 2 N–H and O–H groups in total. The number of furan rings is 1. The largest absolute Gasteiger partial charge is 0.459 e. The number of hydrogen-bond acceptors (Lipinski definition) is 4. The Balaban J connectivity index is 1.58. The smallest absolute Gasteiger partial charge is 0.251 e. The standard InChI is InChI=1S/C23H23Cl2N3O3/c1-28(2)12-19(29)26-14-6-3-5-13(11-14)23(30)27-21-16(24)9-10-18-20(21)15-7-4-8-17(25)22(15)31-18/h3-8,11,16,21H,9-10,12H2,1-2H3,(H,26,29)(H,27,30). The van der Waals surface area contributed by atoms with E-state index in [-0.39, 0.29) is 23.7 Å². The maximum Gasteiger partial charge on any atom is 0.251 e. The van der Waals surface area contributed by atoms with Gasteiger partial charge < -0.3 is 20.0 Å². The van der Waals surface area contributed by atoms with Gasteiger partial charge in [0.05, 0.1) is 23.0 Å². The summed E-state index contributed by atoms with van der Waals surface area (Å²) in [4.78, 5) is 26.9. The monoisotopic (exact) mass is 459 g/mol. The molecule has 2 atom stereocenters. The van der Waals surface area contributed by atoms with Crippen molar-refractivity contribution in [1.29, 1.82) is 0 Å². The number of likely N-dealkylation sites (N-methyl/N-ethyl adjacent to an activating group) is 1. The van der Waals surface area contributed by atoms with E-state index in [4.69, 9.17) is 27.6 Å². The molecule has 0 aliphatic heterocycles. The van der Waals surface area contributed by atoms with Crippen molar-refractivity contribution in [3.05, 3.63) is 64.4 Å². The number of carbonyl (C=O) groups is 2. The Morgan fingerprint density at radius 1 is 1.19 bits per heavy atom. The first-order chi connectivity index (χ1) is 14.8. The van der Waals surface area contributed by atoms with E-state index in [0.717, 1.165) is 16.7 Å². The highest BCUT2D eigenvalue weighted by molar-refractivity contribution is 6.35. The molecule has 0 saturated heterocycles. The molecular weight excluding hydrogens is 437 g/mol. The predicted octanol–water partition coefficient (Wildman–Crippen LogP) is 4.61. The van der Waals surface area contributed by atoms with Gasteiger partial charge in [-0.2, -0.15) is 0 Å². The zero-order chi connectivity index (χ0) is 22.1. The molecule has 1 aromatic heterocycles. The van der Waals surface area contributed by atoms with E-state index in [1.807, 2.05) is 26.2 Å². The number of amides is 2. The molecule has 0 radical (unpaired) electrons. The molecule has 1 aliphatic carbocycles. The molecule has 0 fully saturated rings. The Morgan fingerprint density at radius 3 is 2.74 bits per heavy atom. The second-order valence-electron chi connectivity index (χ2n) is 7.93. The predicted molar refractivity (Wildman–Crippen MR) is 123 cm³/mol. The molecule has 1 aliphatic rings. The zero-order valence-corrected chi connectivity index (χ0v) is 18.8. The summed E-state index contributed by atoms with van der Waals surface area (Å²) >= 11 is 12.9. The van der Waals surface area contributed by atoms with E-state index in [2.05, 4.69) is 10.6 Å². The van der Waals surface area contributed by atoms with Gasteiger partial charge in [-0.25, -0.2) is 0 Å². The molecule has 2 aromatic carbocycles. The summed E-state index contributed by atoms with van der Waals surface area (Å²) in [6.45, 7) is 0.255. The van der Waals surface area contributed by atoms with Crippen LogP contribution in [0.2, 0.25) is 5.02 Å². The van der Waals surface area contributed by atoms with E-state index in [0.29, 0.717) is 34.7 Å². The third-order valence-electron chi connectivity index (χ3n) is 5.26. The number of anilines is 1. The second kappa shape index (κ2) is 8.91. The van der Waals surface area contributed by atoms with Crippen LogP contribution in [0.1, 0.15) is 34.1 Å². The third-order valence-corrected chi connectivity index (χ3v) is 6.03. The number of aryl methyl sites for hydroxylation is 1. The lowest BCUT2D eigenvalue weighted by molar-refractivity contribution is -0.116. The van der Waals surface area contributed by atoms with Crippen LogP contribution < -0.4 is 10.6 Å². The van der Waals surface area contributed by atoms with Crippen molar-refractivity contribution in [1.82, 2.24) is 10.2 Å². The highest BCUT2D eigenvalue weighted by Gasteiger charge is 2.34. The van der Waals surface area contributed by atoms with Gasteiger partial charge in [-0.1, -0.05) is 29.8 Å². The summed E-state index contributed by atoms with van der Waals surface area (Å²) in [5.74, 6) is 0.376. The topological polar surface area (TPSA) is 74.6 Å². The first kappa shape index (κ1) is 21.7. The molecule has 162 valence electrons. The Kier molecular flexibility index (Phi) is 6.23. The quantitative estimate of drug-likeness (QED) is 0.546. The molecule has 0 saturated carbocycles. The molecule has 8 heteroatoms. The van der Waals surface area contributed by atoms with E-state index in [1.54, 1.807) is 35.2 Å². The third kappa shape index (κ3) is 4.56. The van der Waals surface area contributed by atoms with Crippen molar-refractivity contribution in [2.24, 2.45) is 0 Å². The fourth-order valence-corrected chi connectivity index (χ4v) is 4.42. The van der Waals surface area contributed by atoms with Gasteiger partial charge in [0.15, 0.2) is 5.58 Å². The lowest BCUT2D eigenvalue weighted by Crippen LogP contribution is -2.36. The molecule has 0 bridgehead atoms. The summed E-state index contributed by atoms with van der Waals surface area (Å²) in [6, 6.07) is 12.0. The van der Waals surface area contributed by atoms with Crippen LogP contribution in [0.4, 0.5) is 5.69 Å².